The minimum atomic E-state index is 0.665. The van der Waals surface area contributed by atoms with Crippen molar-refractivity contribution in [3.63, 3.8) is 0 Å². The largest absolute Gasteiger partial charge is 0.494 e. The Hall–Kier alpha value is -7.32. The number of rotatable bonds is 18. The van der Waals surface area contributed by atoms with Crippen LogP contribution in [0.25, 0.3) is 67.0 Å². The molecule has 5 aromatic heterocycles. The van der Waals surface area contributed by atoms with Crippen LogP contribution in [0.2, 0.25) is 0 Å². The second kappa shape index (κ2) is 24.1. The molecular formula is C62H59N5OS. The summed E-state index contributed by atoms with van der Waals surface area (Å²) in [6.45, 7) is 3.01. The molecule has 344 valence electrons. The maximum Gasteiger partial charge on any atom is 0.119 e. The average molecular weight is 922 g/mol. The monoisotopic (exact) mass is 921 g/mol. The van der Waals surface area contributed by atoms with Crippen LogP contribution >= 0.6 is 11.3 Å². The number of aromatic nitrogens is 5. The minimum Gasteiger partial charge on any atom is -0.494 e. The van der Waals surface area contributed by atoms with Crippen LogP contribution in [-0.2, 0) is 0 Å². The maximum atomic E-state index is 6.31. The number of hydrogen-bond donors (Lipinski definition) is 1. The van der Waals surface area contributed by atoms with E-state index in [0.29, 0.717) is 22.6 Å². The number of pyridine rings is 2. The van der Waals surface area contributed by atoms with E-state index in [0.717, 1.165) is 84.1 Å². The minimum absolute atomic E-state index is 0.665. The van der Waals surface area contributed by atoms with Gasteiger partial charge in [-0.2, -0.15) is 0 Å². The molecule has 2 aromatic carbocycles. The van der Waals surface area contributed by atoms with E-state index >= 15 is 0 Å². The number of ether oxygens (including phenoxy) is 1. The van der Waals surface area contributed by atoms with Gasteiger partial charge < -0.3 is 9.72 Å². The van der Waals surface area contributed by atoms with Crippen molar-refractivity contribution in [3.8, 4) is 51.7 Å². The Morgan fingerprint density at radius 2 is 0.957 bits per heavy atom. The van der Waals surface area contributed by atoms with Crippen molar-refractivity contribution in [2.75, 3.05) is 6.61 Å². The molecule has 9 rings (SSSR count). The summed E-state index contributed by atoms with van der Waals surface area (Å²) in [6, 6.07) is 39.3. The van der Waals surface area contributed by atoms with Gasteiger partial charge in [0.05, 0.1) is 46.0 Å². The summed E-state index contributed by atoms with van der Waals surface area (Å²) in [4.78, 5) is 23.4. The van der Waals surface area contributed by atoms with Gasteiger partial charge in [-0.1, -0.05) is 157 Å². The zero-order chi connectivity index (χ0) is 46.9. The molecule has 6 nitrogen and oxygen atoms in total. The summed E-state index contributed by atoms with van der Waals surface area (Å²) in [6.07, 6.45) is 30.5. The summed E-state index contributed by atoms with van der Waals surface area (Å²) in [5.74, 6) is 14.3. The molecule has 2 aliphatic rings. The van der Waals surface area contributed by atoms with Crippen LogP contribution < -0.4 is 4.74 Å². The third-order valence-electron chi connectivity index (χ3n) is 12.6. The average Bonchev–Trinajstić information content (AvgIpc) is 4.25. The van der Waals surface area contributed by atoms with E-state index in [2.05, 4.69) is 137 Å². The lowest BCUT2D eigenvalue weighted by atomic mass is 10.0. The molecule has 0 aliphatic carbocycles. The lowest BCUT2D eigenvalue weighted by Crippen LogP contribution is -1.97. The number of thiophene rings is 1. The Morgan fingerprint density at radius 3 is 1.57 bits per heavy atom. The van der Waals surface area contributed by atoms with Gasteiger partial charge in [0.1, 0.15) is 17.1 Å². The van der Waals surface area contributed by atoms with Crippen LogP contribution in [0.1, 0.15) is 142 Å². The number of H-pyrrole nitrogens is 1. The number of fused-ring (bicyclic) bond motifs is 8. The van der Waals surface area contributed by atoms with Crippen LogP contribution in [0, 0.1) is 23.7 Å². The van der Waals surface area contributed by atoms with E-state index < -0.39 is 0 Å². The van der Waals surface area contributed by atoms with Crippen LogP contribution in [-0.4, -0.2) is 31.5 Å². The predicted molar refractivity (Wildman–Crippen MR) is 289 cm³/mol. The van der Waals surface area contributed by atoms with Crippen molar-refractivity contribution in [1.29, 1.82) is 0 Å². The van der Waals surface area contributed by atoms with Crippen LogP contribution in [0.5, 0.6) is 5.75 Å². The van der Waals surface area contributed by atoms with Gasteiger partial charge in [-0.05, 0) is 114 Å². The molecule has 8 bridgehead atoms. The summed E-state index contributed by atoms with van der Waals surface area (Å²) in [5, 5.41) is 0. The van der Waals surface area contributed by atoms with Gasteiger partial charge in [0.15, 0.2) is 0 Å². The Kier molecular flexibility index (Phi) is 16.3. The Labute approximate surface area is 411 Å². The molecule has 0 saturated heterocycles. The van der Waals surface area contributed by atoms with Crippen molar-refractivity contribution < 1.29 is 4.74 Å². The lowest BCUT2D eigenvalue weighted by Gasteiger charge is -2.09. The van der Waals surface area contributed by atoms with Crippen LogP contribution in [0.15, 0.2) is 128 Å². The van der Waals surface area contributed by atoms with Crippen molar-refractivity contribution in [2.45, 2.75) is 96.8 Å². The number of nitrogens with zero attached hydrogens (tertiary/aromatic N) is 4. The lowest BCUT2D eigenvalue weighted by molar-refractivity contribution is 0.304. The zero-order valence-corrected chi connectivity index (χ0v) is 40.5. The fraction of sp³-hybridized carbons (Fsp3) is 0.258. The SMILES string of the molecule is CCCCCCCCCCCCCCCCOc1ccc(-c2c3nc(c(C#Cc4ccccn4)c4nc(c(C#Cc5ccccn5)c5ccc([nH]5)c(-c5ccccc5)c5ccc2s5)C=C4)C=C3)cc1. The molecule has 2 aliphatic heterocycles. The van der Waals surface area contributed by atoms with Crippen molar-refractivity contribution in [2.24, 2.45) is 0 Å². The summed E-state index contributed by atoms with van der Waals surface area (Å²) >= 11 is 1.76. The summed E-state index contributed by atoms with van der Waals surface area (Å²) < 4.78 is 8.53. The van der Waals surface area contributed by atoms with Gasteiger partial charge in [-0.3, -0.25) is 0 Å². The normalized spacial score (nSPS) is 11.5. The van der Waals surface area contributed by atoms with Gasteiger partial charge >= 0.3 is 0 Å². The highest BCUT2D eigenvalue weighted by atomic mass is 32.1. The van der Waals surface area contributed by atoms with Crippen LogP contribution in [0.3, 0.4) is 0 Å². The first-order valence-electron chi connectivity index (χ1n) is 24.9. The first-order chi connectivity index (χ1) is 34.2. The molecule has 7 aromatic rings. The first-order valence-corrected chi connectivity index (χ1v) is 25.7. The maximum absolute atomic E-state index is 6.31. The predicted octanol–water partition coefficient (Wildman–Crippen LogP) is 16.2. The van der Waals surface area contributed by atoms with Gasteiger partial charge in [0.25, 0.3) is 0 Å². The molecule has 7 heterocycles. The van der Waals surface area contributed by atoms with Crippen molar-refractivity contribution >= 4 is 56.1 Å². The second-order valence-electron chi connectivity index (χ2n) is 17.6. The highest BCUT2D eigenvalue weighted by molar-refractivity contribution is 7.24. The molecular weight excluding hydrogens is 863 g/mol. The number of hydrogen-bond acceptors (Lipinski definition) is 6. The number of unbranched alkanes of at least 4 members (excludes halogenated alkanes) is 13. The molecule has 0 saturated carbocycles. The van der Waals surface area contributed by atoms with Gasteiger partial charge in [-0.15, -0.1) is 11.3 Å². The van der Waals surface area contributed by atoms with E-state index in [1.54, 1.807) is 23.7 Å². The number of benzene rings is 2. The highest BCUT2D eigenvalue weighted by Crippen LogP contribution is 2.39. The molecule has 0 unspecified atom stereocenters. The molecule has 1 N–H and O–H groups in total. The fourth-order valence-electron chi connectivity index (χ4n) is 8.89. The fourth-order valence-corrected chi connectivity index (χ4v) is 10.0. The van der Waals surface area contributed by atoms with E-state index in [4.69, 9.17) is 14.7 Å². The van der Waals surface area contributed by atoms with Crippen LogP contribution in [0.4, 0.5) is 0 Å². The Balaban J connectivity index is 1.06. The van der Waals surface area contributed by atoms with Gasteiger partial charge in [0.2, 0.25) is 0 Å². The van der Waals surface area contributed by atoms with E-state index in [1.165, 1.54) is 83.5 Å². The standard InChI is InChI=1S/C62H59N5OS/c1-2-3-4-5-6-7-8-9-10-11-12-13-14-22-45-68-50-31-27-47(28-32-50)62-58-40-38-56(67-58)52(34-30-49-26-19-21-44-64-49)54-36-35-53(65-54)51(33-29-48-25-18-20-43-63-48)55-37-39-57(66-55)61(46-23-16-15-17-24-46)59-41-42-60(62)69-59/h15-21,23-28,31-32,35-44,66H,2-14,22,45H2,1H3. The molecule has 0 atom stereocenters. The smallest absolute Gasteiger partial charge is 0.119 e. The Bertz CT molecular complexity index is 3180. The zero-order valence-electron chi connectivity index (χ0n) is 39.6. The number of nitrogens with one attached hydrogen (secondary N) is 1. The second-order valence-corrected chi connectivity index (χ2v) is 18.7. The Morgan fingerprint density at radius 1 is 0.449 bits per heavy atom. The summed E-state index contributed by atoms with van der Waals surface area (Å²) in [5.41, 5.74) is 11.9. The van der Waals surface area contributed by atoms with Crippen molar-refractivity contribution in [3.05, 3.63) is 173 Å². The topological polar surface area (TPSA) is 76.6 Å². The van der Waals surface area contributed by atoms with Crippen molar-refractivity contribution in [1.82, 2.24) is 24.9 Å². The molecule has 0 spiro atoms. The third-order valence-corrected chi connectivity index (χ3v) is 13.7. The summed E-state index contributed by atoms with van der Waals surface area (Å²) in [7, 11) is 0. The number of aromatic amines is 1. The molecule has 0 amide bonds. The molecule has 0 fully saturated rings. The van der Waals surface area contributed by atoms with E-state index in [9.17, 15) is 0 Å². The van der Waals surface area contributed by atoms with Gasteiger partial charge in [-0.25, -0.2) is 19.9 Å². The third kappa shape index (κ3) is 12.4. The highest BCUT2D eigenvalue weighted by Gasteiger charge is 2.18. The molecule has 69 heavy (non-hydrogen) atoms. The molecule has 0 radical (unpaired) electrons. The quantitative estimate of drug-likeness (QED) is 0.0685. The molecule has 7 heteroatoms. The van der Waals surface area contributed by atoms with E-state index in [1.807, 2.05) is 48.6 Å². The van der Waals surface area contributed by atoms with Gasteiger partial charge in [0, 0.05) is 38.4 Å². The first kappa shape index (κ1) is 46.8. The van der Waals surface area contributed by atoms with E-state index in [-0.39, 0.29) is 0 Å².